The van der Waals surface area contributed by atoms with E-state index >= 15 is 0 Å². The summed E-state index contributed by atoms with van der Waals surface area (Å²) in [4.78, 5) is 14.8. The smallest absolute Gasteiger partial charge is 0.349 e. The zero-order valence-electron chi connectivity index (χ0n) is 8.06. The summed E-state index contributed by atoms with van der Waals surface area (Å²) in [6.45, 7) is 0. The third kappa shape index (κ3) is 1.85. The second-order valence-corrected chi connectivity index (χ2v) is 3.78. The van der Waals surface area contributed by atoms with Crippen LogP contribution in [0.3, 0.4) is 0 Å². The average Bonchev–Trinajstić information content (AvgIpc) is 2.58. The minimum absolute atomic E-state index is 0.171. The lowest BCUT2D eigenvalue weighted by molar-refractivity contribution is 0.177. The van der Waals surface area contributed by atoms with Gasteiger partial charge in [-0.3, -0.25) is 4.57 Å². The van der Waals surface area contributed by atoms with Crippen LogP contribution in [0.5, 0.6) is 0 Å². The molecule has 0 aromatic carbocycles. The summed E-state index contributed by atoms with van der Waals surface area (Å²) in [6.07, 6.45) is 2.40. The Bertz CT molecular complexity index is 432. The van der Waals surface area contributed by atoms with E-state index < -0.39 is 17.6 Å². The van der Waals surface area contributed by atoms with Gasteiger partial charge in [-0.25, -0.2) is 9.18 Å². The van der Waals surface area contributed by atoms with Crippen molar-refractivity contribution >= 4 is 5.82 Å². The minimum Gasteiger partial charge on any atom is -0.393 e. The monoisotopic (exact) mass is 213 g/mol. The van der Waals surface area contributed by atoms with Gasteiger partial charge in [0.15, 0.2) is 11.6 Å². The average molecular weight is 213 g/mol. The van der Waals surface area contributed by atoms with Gasteiger partial charge in [-0.15, -0.1) is 0 Å². The van der Waals surface area contributed by atoms with Crippen LogP contribution in [0.4, 0.5) is 10.2 Å². The van der Waals surface area contributed by atoms with Crippen LogP contribution in [-0.4, -0.2) is 20.8 Å². The van der Waals surface area contributed by atoms with Crippen LogP contribution in [0.2, 0.25) is 0 Å². The van der Waals surface area contributed by atoms with Crippen LogP contribution in [0.1, 0.15) is 25.3 Å². The van der Waals surface area contributed by atoms with Gasteiger partial charge in [0.25, 0.3) is 0 Å². The van der Waals surface area contributed by atoms with E-state index in [1.807, 2.05) is 0 Å². The number of nitrogens with zero attached hydrogens (tertiary/aromatic N) is 2. The van der Waals surface area contributed by atoms with E-state index in [0.29, 0.717) is 19.3 Å². The predicted molar refractivity (Wildman–Crippen MR) is 51.8 cm³/mol. The largest absolute Gasteiger partial charge is 0.393 e. The van der Waals surface area contributed by atoms with Gasteiger partial charge in [-0.05, 0) is 19.3 Å². The summed E-state index contributed by atoms with van der Waals surface area (Å²) < 4.78 is 14.3. The van der Waals surface area contributed by atoms with Crippen molar-refractivity contribution in [3.8, 4) is 0 Å². The first-order valence-corrected chi connectivity index (χ1v) is 4.80. The highest BCUT2D eigenvalue weighted by Crippen LogP contribution is 2.28. The van der Waals surface area contributed by atoms with Crippen LogP contribution in [0, 0.1) is 5.82 Å². The summed E-state index contributed by atoms with van der Waals surface area (Å²) in [7, 11) is 0. The summed E-state index contributed by atoms with van der Waals surface area (Å²) in [6, 6.07) is -0.171. The van der Waals surface area contributed by atoms with Crippen molar-refractivity contribution in [1.29, 1.82) is 0 Å². The molecule has 1 fully saturated rings. The van der Waals surface area contributed by atoms with E-state index in [4.69, 9.17) is 5.73 Å². The van der Waals surface area contributed by atoms with E-state index in [1.165, 1.54) is 4.57 Å². The number of nitrogen functional groups attached to an aromatic ring is 1. The Kier molecular flexibility index (Phi) is 2.44. The molecule has 1 aliphatic carbocycles. The zero-order valence-corrected chi connectivity index (χ0v) is 8.06. The lowest BCUT2D eigenvalue weighted by Crippen LogP contribution is -2.27. The highest BCUT2D eigenvalue weighted by Gasteiger charge is 2.25. The summed E-state index contributed by atoms with van der Waals surface area (Å²) in [5, 5.41) is 9.32. The Labute approximate surface area is 85.4 Å². The SMILES string of the molecule is Nc1nc(=O)n(C2CCC(O)C2)cc1F. The number of hydrogen-bond acceptors (Lipinski definition) is 4. The molecular formula is C9H12FN3O2. The Morgan fingerprint density at radius 2 is 2.33 bits per heavy atom. The Morgan fingerprint density at radius 3 is 2.93 bits per heavy atom. The van der Waals surface area contributed by atoms with Crippen molar-refractivity contribution in [1.82, 2.24) is 9.55 Å². The molecule has 1 aromatic rings. The maximum atomic E-state index is 13.1. The van der Waals surface area contributed by atoms with Gasteiger partial charge >= 0.3 is 5.69 Å². The standard InChI is InChI=1S/C9H12FN3O2/c10-7-4-13(9(15)12-8(7)11)5-1-2-6(14)3-5/h4-6,14H,1-3H2,(H2,11,12,15). The molecule has 15 heavy (non-hydrogen) atoms. The number of rotatable bonds is 1. The second-order valence-electron chi connectivity index (χ2n) is 3.78. The quantitative estimate of drug-likeness (QED) is 0.690. The fourth-order valence-electron chi connectivity index (χ4n) is 1.91. The molecule has 0 aliphatic heterocycles. The molecule has 3 N–H and O–H groups in total. The molecule has 5 nitrogen and oxygen atoms in total. The summed E-state index contributed by atoms with van der Waals surface area (Å²) >= 11 is 0. The first-order chi connectivity index (χ1) is 7.08. The molecule has 82 valence electrons. The van der Waals surface area contributed by atoms with Crippen LogP contribution in [-0.2, 0) is 0 Å². The second kappa shape index (κ2) is 3.62. The number of aliphatic hydroxyl groups excluding tert-OH is 1. The van der Waals surface area contributed by atoms with Gasteiger partial charge in [0.2, 0.25) is 0 Å². The molecule has 0 bridgehead atoms. The molecule has 0 amide bonds. The van der Waals surface area contributed by atoms with Crippen molar-refractivity contribution in [2.45, 2.75) is 31.4 Å². The molecule has 1 heterocycles. The molecule has 2 rings (SSSR count). The Balaban J connectivity index is 2.36. The number of aromatic nitrogens is 2. The minimum atomic E-state index is -0.698. The number of halogens is 1. The predicted octanol–water partition coefficient (Wildman–Crippen LogP) is 0.0505. The third-order valence-corrected chi connectivity index (χ3v) is 2.70. The first kappa shape index (κ1) is 10.1. The van der Waals surface area contributed by atoms with Crippen molar-refractivity contribution in [2.75, 3.05) is 5.73 Å². The van der Waals surface area contributed by atoms with E-state index in [1.54, 1.807) is 0 Å². The van der Waals surface area contributed by atoms with Crippen molar-refractivity contribution in [2.24, 2.45) is 0 Å². The van der Waals surface area contributed by atoms with Crippen LogP contribution in [0.25, 0.3) is 0 Å². The number of hydrogen-bond donors (Lipinski definition) is 2. The lowest BCUT2D eigenvalue weighted by Gasteiger charge is -2.12. The molecule has 0 radical (unpaired) electrons. The topological polar surface area (TPSA) is 81.1 Å². The maximum Gasteiger partial charge on any atom is 0.349 e. The third-order valence-electron chi connectivity index (χ3n) is 2.70. The number of anilines is 1. The highest BCUT2D eigenvalue weighted by atomic mass is 19.1. The molecule has 2 unspecified atom stereocenters. The molecule has 1 aliphatic rings. The van der Waals surface area contributed by atoms with Gasteiger partial charge in [0.05, 0.1) is 6.10 Å². The normalized spacial score (nSPS) is 25.7. The first-order valence-electron chi connectivity index (χ1n) is 4.80. The van der Waals surface area contributed by atoms with E-state index in [-0.39, 0.29) is 11.9 Å². The molecular weight excluding hydrogens is 201 g/mol. The van der Waals surface area contributed by atoms with Gasteiger partial charge in [-0.2, -0.15) is 4.98 Å². The van der Waals surface area contributed by atoms with Crippen molar-refractivity contribution < 1.29 is 9.50 Å². The van der Waals surface area contributed by atoms with E-state index in [2.05, 4.69) is 4.98 Å². The lowest BCUT2D eigenvalue weighted by atomic mass is 10.2. The van der Waals surface area contributed by atoms with Crippen LogP contribution >= 0.6 is 0 Å². The molecule has 2 atom stereocenters. The molecule has 0 spiro atoms. The van der Waals surface area contributed by atoms with Gasteiger partial charge in [0.1, 0.15) is 0 Å². The Hall–Kier alpha value is -1.43. The summed E-state index contributed by atoms with van der Waals surface area (Å²) in [5.41, 5.74) is 4.60. The molecule has 1 saturated carbocycles. The van der Waals surface area contributed by atoms with E-state index in [9.17, 15) is 14.3 Å². The maximum absolute atomic E-state index is 13.1. The molecule has 6 heteroatoms. The Morgan fingerprint density at radius 1 is 1.60 bits per heavy atom. The fourth-order valence-corrected chi connectivity index (χ4v) is 1.91. The highest BCUT2D eigenvalue weighted by molar-refractivity contribution is 5.26. The zero-order chi connectivity index (χ0) is 11.0. The summed E-state index contributed by atoms with van der Waals surface area (Å²) in [5.74, 6) is -1.08. The van der Waals surface area contributed by atoms with Gasteiger partial charge in [0, 0.05) is 12.2 Å². The number of aliphatic hydroxyl groups is 1. The fraction of sp³-hybridized carbons (Fsp3) is 0.556. The van der Waals surface area contributed by atoms with Crippen LogP contribution < -0.4 is 11.4 Å². The van der Waals surface area contributed by atoms with E-state index in [0.717, 1.165) is 6.20 Å². The van der Waals surface area contributed by atoms with Gasteiger partial charge < -0.3 is 10.8 Å². The van der Waals surface area contributed by atoms with Crippen molar-refractivity contribution in [3.63, 3.8) is 0 Å². The molecule has 1 aromatic heterocycles. The van der Waals surface area contributed by atoms with Crippen LogP contribution in [0.15, 0.2) is 11.0 Å². The van der Waals surface area contributed by atoms with Crippen molar-refractivity contribution in [3.05, 3.63) is 22.5 Å². The number of nitrogens with two attached hydrogens (primary N) is 1. The molecule has 0 saturated heterocycles. The van der Waals surface area contributed by atoms with Gasteiger partial charge in [-0.1, -0.05) is 0 Å².